The van der Waals surface area contributed by atoms with E-state index in [1.165, 1.54) is 11.3 Å². The predicted molar refractivity (Wildman–Crippen MR) is 92.3 cm³/mol. The summed E-state index contributed by atoms with van der Waals surface area (Å²) in [6.45, 7) is 0.571. The third-order valence-corrected chi connectivity index (χ3v) is 5.30. The molecule has 0 spiro atoms. The number of benzene rings is 1. The minimum atomic E-state index is -1.18. The number of rotatable bonds is 3. The van der Waals surface area contributed by atoms with Gasteiger partial charge in [0.1, 0.15) is 5.82 Å². The maximum Gasteiger partial charge on any atom is 0.255 e. The molecule has 0 amide bonds. The zero-order chi connectivity index (χ0) is 18.3. The van der Waals surface area contributed by atoms with Crippen LogP contribution >= 0.6 is 11.3 Å². The van der Waals surface area contributed by atoms with Gasteiger partial charge in [0, 0.05) is 31.6 Å². The minimum Gasteiger partial charge on any atom is -0.306 e. The molecular weight excluding hydrogens is 363 g/mol. The normalized spacial score (nSPS) is 14.4. The Labute approximate surface area is 150 Å². The fourth-order valence-electron chi connectivity index (χ4n) is 3.08. The topological polar surface area (TPSA) is 49.0 Å². The number of H-pyrrole nitrogens is 1. The summed E-state index contributed by atoms with van der Waals surface area (Å²) in [5, 5.41) is 1.90. The van der Waals surface area contributed by atoms with E-state index in [4.69, 9.17) is 0 Å². The lowest BCUT2D eigenvalue weighted by Crippen LogP contribution is -2.35. The molecule has 4 rings (SSSR count). The number of aromatic nitrogens is 2. The number of halogens is 3. The van der Waals surface area contributed by atoms with E-state index in [1.807, 2.05) is 17.5 Å². The van der Waals surface area contributed by atoms with Crippen molar-refractivity contribution in [3.05, 3.63) is 74.3 Å². The lowest BCUT2D eigenvalue weighted by atomic mass is 10.1. The highest BCUT2D eigenvalue weighted by Crippen LogP contribution is 2.24. The second-order valence-electron chi connectivity index (χ2n) is 6.10. The van der Waals surface area contributed by atoms with Crippen molar-refractivity contribution in [3.63, 3.8) is 0 Å². The largest absolute Gasteiger partial charge is 0.306 e. The molecule has 8 heteroatoms. The molecule has 0 unspecified atom stereocenters. The highest BCUT2D eigenvalue weighted by Gasteiger charge is 2.24. The van der Waals surface area contributed by atoms with Gasteiger partial charge in [-0.2, -0.15) is 0 Å². The van der Waals surface area contributed by atoms with Crippen molar-refractivity contribution in [1.29, 1.82) is 0 Å². The molecule has 1 aliphatic heterocycles. The van der Waals surface area contributed by atoms with E-state index in [-0.39, 0.29) is 24.2 Å². The van der Waals surface area contributed by atoms with Crippen LogP contribution in [0.15, 0.2) is 34.4 Å². The zero-order valence-electron chi connectivity index (χ0n) is 13.6. The van der Waals surface area contributed by atoms with E-state index >= 15 is 0 Å². The second kappa shape index (κ2) is 6.69. The van der Waals surface area contributed by atoms with E-state index in [0.29, 0.717) is 30.0 Å². The monoisotopic (exact) mass is 377 g/mol. The first-order chi connectivity index (χ1) is 12.5. The molecule has 2 aromatic heterocycles. The first-order valence-corrected chi connectivity index (χ1v) is 8.91. The van der Waals surface area contributed by atoms with Crippen LogP contribution in [-0.4, -0.2) is 21.4 Å². The van der Waals surface area contributed by atoms with Crippen molar-refractivity contribution in [2.24, 2.45) is 0 Å². The number of hydrogen-bond acceptors (Lipinski definition) is 4. The summed E-state index contributed by atoms with van der Waals surface area (Å²) in [4.78, 5) is 22.3. The van der Waals surface area contributed by atoms with E-state index in [2.05, 4.69) is 9.97 Å². The maximum atomic E-state index is 13.9. The van der Waals surface area contributed by atoms with Gasteiger partial charge < -0.3 is 4.98 Å². The molecule has 0 atom stereocenters. The number of nitrogens with zero attached hydrogens (tertiary/aromatic N) is 2. The summed E-state index contributed by atoms with van der Waals surface area (Å²) in [6, 6.07) is 5.43. The van der Waals surface area contributed by atoms with Crippen LogP contribution in [0.3, 0.4) is 0 Å². The smallest absolute Gasteiger partial charge is 0.255 e. The fourth-order valence-corrected chi connectivity index (χ4v) is 3.75. The molecule has 0 bridgehead atoms. The van der Waals surface area contributed by atoms with E-state index < -0.39 is 17.5 Å². The summed E-state index contributed by atoms with van der Waals surface area (Å²) >= 11 is 1.48. The van der Waals surface area contributed by atoms with Gasteiger partial charge in [-0.15, -0.1) is 11.3 Å². The highest BCUT2D eigenvalue weighted by molar-refractivity contribution is 7.13. The third kappa shape index (κ3) is 3.06. The average Bonchev–Trinajstić information content (AvgIpc) is 3.17. The molecule has 0 saturated heterocycles. The molecule has 0 saturated carbocycles. The van der Waals surface area contributed by atoms with Crippen molar-refractivity contribution in [1.82, 2.24) is 14.9 Å². The maximum absolute atomic E-state index is 13.9. The van der Waals surface area contributed by atoms with Gasteiger partial charge in [0.2, 0.25) is 0 Å². The Morgan fingerprint density at radius 2 is 2.00 bits per heavy atom. The van der Waals surface area contributed by atoms with Crippen molar-refractivity contribution < 1.29 is 13.2 Å². The highest BCUT2D eigenvalue weighted by atomic mass is 32.1. The molecule has 3 aromatic rings. The third-order valence-electron chi connectivity index (χ3n) is 4.42. The zero-order valence-corrected chi connectivity index (χ0v) is 14.4. The standard InChI is InChI=1S/C18H14F3N3OS/c19-12-3-4-13(20)16(21)10(12)8-24-6-5-14-11(9-24)18(25)23-17(22-14)15-2-1-7-26-15/h1-4,7H,5-6,8-9H2,(H,22,23,25). The molecule has 0 aliphatic carbocycles. The van der Waals surface area contributed by atoms with Crippen molar-refractivity contribution in [2.75, 3.05) is 6.54 Å². The summed E-state index contributed by atoms with van der Waals surface area (Å²) in [5.74, 6) is -2.54. The van der Waals surface area contributed by atoms with Crippen molar-refractivity contribution in [3.8, 4) is 10.7 Å². The van der Waals surface area contributed by atoms with Crippen LogP contribution in [0.4, 0.5) is 13.2 Å². The summed E-state index contributed by atoms with van der Waals surface area (Å²) in [5.41, 5.74) is 0.582. The Kier molecular flexibility index (Phi) is 4.37. The Hall–Kier alpha value is -2.45. The Balaban J connectivity index is 1.61. The van der Waals surface area contributed by atoms with E-state index in [0.717, 1.165) is 17.0 Å². The molecule has 4 nitrogen and oxygen atoms in total. The molecule has 1 aliphatic rings. The Bertz CT molecular complexity index is 1020. The van der Waals surface area contributed by atoms with Gasteiger partial charge in [-0.3, -0.25) is 9.69 Å². The van der Waals surface area contributed by atoms with Crippen molar-refractivity contribution in [2.45, 2.75) is 19.5 Å². The van der Waals surface area contributed by atoms with Crippen LogP contribution < -0.4 is 5.56 Å². The number of thiophene rings is 1. The van der Waals surface area contributed by atoms with Gasteiger partial charge in [-0.25, -0.2) is 18.2 Å². The quantitative estimate of drug-likeness (QED) is 0.711. The number of aromatic amines is 1. The summed E-state index contributed by atoms with van der Waals surface area (Å²) < 4.78 is 41.1. The average molecular weight is 377 g/mol. The predicted octanol–water partition coefficient (Wildman–Crippen LogP) is 3.47. The first kappa shape index (κ1) is 17.0. The van der Waals surface area contributed by atoms with Gasteiger partial charge >= 0.3 is 0 Å². The molecule has 3 heterocycles. The van der Waals surface area contributed by atoms with Gasteiger partial charge in [0.25, 0.3) is 5.56 Å². The van der Waals surface area contributed by atoms with Gasteiger partial charge in [0.05, 0.1) is 16.1 Å². The first-order valence-electron chi connectivity index (χ1n) is 8.03. The van der Waals surface area contributed by atoms with E-state index in [1.54, 1.807) is 4.90 Å². The lowest BCUT2D eigenvalue weighted by Gasteiger charge is -2.28. The molecule has 1 N–H and O–H groups in total. The van der Waals surface area contributed by atoms with Crippen LogP contribution in [0.1, 0.15) is 16.8 Å². The van der Waals surface area contributed by atoms with Crippen LogP contribution in [0, 0.1) is 17.5 Å². The van der Waals surface area contributed by atoms with Crippen LogP contribution in [0.25, 0.3) is 10.7 Å². The number of hydrogen-bond donors (Lipinski definition) is 1. The summed E-state index contributed by atoms with van der Waals surface area (Å²) in [6.07, 6.45) is 0.482. The molecule has 0 radical (unpaired) electrons. The van der Waals surface area contributed by atoms with E-state index in [9.17, 15) is 18.0 Å². The molecule has 0 fully saturated rings. The molecule has 1 aromatic carbocycles. The lowest BCUT2D eigenvalue weighted by molar-refractivity contribution is 0.233. The van der Waals surface area contributed by atoms with Crippen LogP contribution in [-0.2, 0) is 19.5 Å². The number of nitrogens with one attached hydrogen (secondary N) is 1. The number of fused-ring (bicyclic) bond motifs is 1. The van der Waals surface area contributed by atoms with Gasteiger partial charge in [0.15, 0.2) is 17.5 Å². The van der Waals surface area contributed by atoms with Crippen molar-refractivity contribution >= 4 is 11.3 Å². The van der Waals surface area contributed by atoms with Gasteiger partial charge in [-0.1, -0.05) is 6.07 Å². The SMILES string of the molecule is O=c1[nH]c(-c2cccs2)nc2c1CN(Cc1c(F)ccc(F)c1F)CC2. The molecule has 134 valence electrons. The fraction of sp³-hybridized carbons (Fsp3) is 0.222. The minimum absolute atomic E-state index is 0.110. The van der Waals surface area contributed by atoms with Crippen LogP contribution in [0.5, 0.6) is 0 Å². The Morgan fingerprint density at radius 3 is 2.77 bits per heavy atom. The molecular formula is C18H14F3N3OS. The summed E-state index contributed by atoms with van der Waals surface area (Å²) in [7, 11) is 0. The molecule has 26 heavy (non-hydrogen) atoms. The van der Waals surface area contributed by atoms with Gasteiger partial charge in [-0.05, 0) is 23.6 Å². The van der Waals surface area contributed by atoms with Crippen LogP contribution in [0.2, 0.25) is 0 Å². The Morgan fingerprint density at radius 1 is 1.19 bits per heavy atom. The second-order valence-corrected chi connectivity index (χ2v) is 7.05.